The minimum absolute atomic E-state index is 0. The van der Waals surface area contributed by atoms with Gasteiger partial charge in [0.15, 0.2) is 0 Å². The monoisotopic (exact) mass is 1270 g/mol. The Kier molecular flexibility index (Phi) is 80.3. The van der Waals surface area contributed by atoms with Crippen LogP contribution in [0.5, 0.6) is 0 Å². The summed E-state index contributed by atoms with van der Waals surface area (Å²) in [6.45, 7) is 9.26. The molecule has 0 saturated heterocycles. The van der Waals surface area contributed by atoms with Gasteiger partial charge >= 0.3 is 37.7 Å². The molecule has 508 valence electrons. The molecule has 0 fully saturated rings. The SMILES string of the molecule is CCCCCCCCCCCCCCCCCCCC(CCCCCCCCCCCCCCCC)COS(=O)(=O)[O-].CCCCCCCCCCCCCCCCCCCC(CCCCCCCCCCCCCCCC)COS(=O)(=O)[O-].[Ca+2]. The van der Waals surface area contributed by atoms with Crippen LogP contribution in [-0.2, 0) is 29.2 Å². The average molecular weight is 1270 g/mol. The summed E-state index contributed by atoms with van der Waals surface area (Å²) in [5, 5.41) is 0. The van der Waals surface area contributed by atoms with Crippen LogP contribution in [0.1, 0.15) is 451 Å². The molecular formula is C74H150CaO8S2. The summed E-state index contributed by atoms with van der Waals surface area (Å²) in [6.07, 6.45) is 87.7. The van der Waals surface area contributed by atoms with Crippen molar-refractivity contribution in [3.8, 4) is 0 Å². The van der Waals surface area contributed by atoms with Gasteiger partial charge in [0.2, 0.25) is 20.8 Å². The number of hydrogen-bond donors (Lipinski definition) is 0. The van der Waals surface area contributed by atoms with Crippen molar-refractivity contribution in [2.24, 2.45) is 11.8 Å². The number of unbranched alkanes of at least 4 members (excludes halogenated alkanes) is 58. The fraction of sp³-hybridized carbons (Fsp3) is 1.00. The molecule has 0 aromatic heterocycles. The van der Waals surface area contributed by atoms with Gasteiger partial charge in [-0.15, -0.1) is 0 Å². The maximum Gasteiger partial charge on any atom is 2.00 e. The van der Waals surface area contributed by atoms with E-state index in [0.29, 0.717) is 0 Å². The molecule has 8 nitrogen and oxygen atoms in total. The smallest absolute Gasteiger partial charge is 0.726 e. The minimum Gasteiger partial charge on any atom is -0.726 e. The number of rotatable bonds is 72. The summed E-state index contributed by atoms with van der Waals surface area (Å²) in [4.78, 5) is 0. The third kappa shape index (κ3) is 85.0. The average Bonchev–Trinajstić information content (AvgIpc) is 3.48. The molecule has 0 aliphatic carbocycles. The van der Waals surface area contributed by atoms with Crippen LogP contribution >= 0.6 is 0 Å². The molecule has 0 rings (SSSR count). The van der Waals surface area contributed by atoms with E-state index in [1.165, 1.54) is 372 Å². The molecule has 0 aliphatic rings. The van der Waals surface area contributed by atoms with Crippen molar-refractivity contribution in [3.63, 3.8) is 0 Å². The summed E-state index contributed by atoms with van der Waals surface area (Å²) in [7, 11) is -9.18. The fourth-order valence-electron chi connectivity index (χ4n) is 12.6. The molecule has 85 heavy (non-hydrogen) atoms. The Morgan fingerprint density at radius 1 is 0.212 bits per heavy atom. The van der Waals surface area contributed by atoms with Crippen molar-refractivity contribution in [2.45, 2.75) is 451 Å². The van der Waals surface area contributed by atoms with Crippen molar-refractivity contribution < 1.29 is 34.3 Å². The van der Waals surface area contributed by atoms with E-state index in [1.807, 2.05) is 0 Å². The van der Waals surface area contributed by atoms with Crippen LogP contribution < -0.4 is 0 Å². The predicted molar refractivity (Wildman–Crippen MR) is 371 cm³/mol. The maximum atomic E-state index is 11.0. The number of hydrogen-bond acceptors (Lipinski definition) is 8. The molecule has 11 heteroatoms. The van der Waals surface area contributed by atoms with Crippen LogP contribution in [-0.4, -0.2) is 76.9 Å². The van der Waals surface area contributed by atoms with Crippen LogP contribution in [0, 0.1) is 11.8 Å². The maximum absolute atomic E-state index is 11.0. The van der Waals surface area contributed by atoms with Crippen molar-refractivity contribution >= 4 is 58.5 Å². The van der Waals surface area contributed by atoms with E-state index in [1.54, 1.807) is 0 Å². The Labute approximate surface area is 564 Å². The Balaban J connectivity index is -0.00000156. The Morgan fingerprint density at radius 2 is 0.318 bits per heavy atom. The summed E-state index contributed by atoms with van der Waals surface area (Å²) >= 11 is 0. The first-order chi connectivity index (χ1) is 41.0. The van der Waals surface area contributed by atoms with Crippen LogP contribution in [0.15, 0.2) is 0 Å². The van der Waals surface area contributed by atoms with E-state index >= 15 is 0 Å². The molecular weight excluding hydrogens is 1120 g/mol. The van der Waals surface area contributed by atoms with E-state index in [4.69, 9.17) is 0 Å². The van der Waals surface area contributed by atoms with Gasteiger partial charge in [-0.2, -0.15) is 0 Å². The van der Waals surface area contributed by atoms with Gasteiger partial charge in [0, 0.05) is 0 Å². The molecule has 2 atom stereocenters. The standard InChI is InChI=1S/2C37H76O4S.Ca/c2*1-3-5-7-9-11-13-15-17-19-20-21-23-25-27-29-31-33-35-37(36-41-42(38,39)40)34-32-30-28-26-24-22-18-16-14-12-10-8-6-4-2;/h2*37H,3-36H2,1-2H3,(H,38,39,40);/q;;+2/p-2. The molecule has 0 aromatic carbocycles. The molecule has 0 bridgehead atoms. The van der Waals surface area contributed by atoms with Gasteiger partial charge < -0.3 is 9.11 Å². The van der Waals surface area contributed by atoms with Crippen molar-refractivity contribution in [2.75, 3.05) is 13.2 Å². The van der Waals surface area contributed by atoms with Gasteiger partial charge in [-0.05, 0) is 37.5 Å². The summed E-state index contributed by atoms with van der Waals surface area (Å²) < 4.78 is 75.3. The van der Waals surface area contributed by atoms with Gasteiger partial charge in [0.05, 0.1) is 13.2 Å². The predicted octanol–water partition coefficient (Wildman–Crippen LogP) is 25.6. The third-order valence-corrected chi connectivity index (χ3v) is 19.1. The van der Waals surface area contributed by atoms with Crippen molar-refractivity contribution in [1.82, 2.24) is 0 Å². The van der Waals surface area contributed by atoms with Gasteiger partial charge in [0.25, 0.3) is 0 Å². The van der Waals surface area contributed by atoms with Crippen LogP contribution in [0.2, 0.25) is 0 Å². The second-order valence-electron chi connectivity index (χ2n) is 26.8. The molecule has 0 saturated carbocycles. The topological polar surface area (TPSA) is 133 Å². The molecule has 0 amide bonds. The van der Waals surface area contributed by atoms with Crippen LogP contribution in [0.3, 0.4) is 0 Å². The van der Waals surface area contributed by atoms with Gasteiger partial charge in [0.1, 0.15) is 0 Å². The van der Waals surface area contributed by atoms with Crippen molar-refractivity contribution in [1.29, 1.82) is 0 Å². The van der Waals surface area contributed by atoms with Gasteiger partial charge in [-0.25, -0.2) is 16.8 Å². The zero-order valence-electron chi connectivity index (χ0n) is 58.0. The molecule has 0 aromatic rings. The molecule has 0 spiro atoms. The second kappa shape index (κ2) is 75.7. The molecule has 0 radical (unpaired) electrons. The molecule has 0 aliphatic heterocycles. The Bertz CT molecular complexity index is 1330. The summed E-state index contributed by atoms with van der Waals surface area (Å²) in [5.74, 6) is 0.393. The van der Waals surface area contributed by atoms with E-state index in [0.717, 1.165) is 51.4 Å². The zero-order chi connectivity index (χ0) is 61.7. The van der Waals surface area contributed by atoms with E-state index in [2.05, 4.69) is 36.1 Å². The second-order valence-corrected chi connectivity index (χ2v) is 28.9. The van der Waals surface area contributed by atoms with E-state index in [9.17, 15) is 25.9 Å². The zero-order valence-corrected chi connectivity index (χ0v) is 61.9. The largest absolute Gasteiger partial charge is 2.00 e. The van der Waals surface area contributed by atoms with Gasteiger partial charge in [-0.1, -0.05) is 426 Å². The minimum atomic E-state index is -4.59. The fourth-order valence-corrected chi connectivity index (χ4v) is 13.3. The summed E-state index contributed by atoms with van der Waals surface area (Å²) in [5.41, 5.74) is 0. The molecule has 0 heterocycles. The molecule has 0 N–H and O–H groups in total. The van der Waals surface area contributed by atoms with Crippen LogP contribution in [0.4, 0.5) is 0 Å². The van der Waals surface area contributed by atoms with E-state index < -0.39 is 20.8 Å². The van der Waals surface area contributed by atoms with Crippen LogP contribution in [0.25, 0.3) is 0 Å². The first-order valence-electron chi connectivity index (χ1n) is 38.2. The Hall–Kier alpha value is 1.000. The quantitative estimate of drug-likeness (QED) is 0.0254. The Morgan fingerprint density at radius 3 is 0.424 bits per heavy atom. The normalized spacial score (nSPS) is 12.6. The first kappa shape index (κ1) is 90.2. The molecule has 2 unspecified atom stereocenters. The third-order valence-electron chi connectivity index (χ3n) is 18.3. The summed E-state index contributed by atoms with van der Waals surface area (Å²) in [6, 6.07) is 0. The van der Waals surface area contributed by atoms with E-state index in [-0.39, 0.29) is 62.8 Å². The van der Waals surface area contributed by atoms with Gasteiger partial charge in [-0.3, -0.25) is 8.37 Å². The first-order valence-corrected chi connectivity index (χ1v) is 40.9. The van der Waals surface area contributed by atoms with Crippen molar-refractivity contribution in [3.05, 3.63) is 0 Å².